The first-order valence-corrected chi connectivity index (χ1v) is 12.1. The second-order valence-electron chi connectivity index (χ2n) is 9.15. The summed E-state index contributed by atoms with van der Waals surface area (Å²) in [7, 11) is 8.24. The zero-order valence-corrected chi connectivity index (χ0v) is 22.4. The fraction of sp³-hybridized carbons (Fsp3) is 0.321. The predicted octanol–water partition coefficient (Wildman–Crippen LogP) is 3.19. The molecule has 1 unspecified atom stereocenters. The van der Waals surface area contributed by atoms with Crippen molar-refractivity contribution in [3.8, 4) is 22.9 Å². The van der Waals surface area contributed by atoms with Gasteiger partial charge >= 0.3 is 0 Å². The summed E-state index contributed by atoms with van der Waals surface area (Å²) in [5.41, 5.74) is 2.29. The van der Waals surface area contributed by atoms with Crippen molar-refractivity contribution in [1.29, 1.82) is 0 Å². The molecular weight excluding hydrogens is 488 g/mol. The Morgan fingerprint density at radius 3 is 2.21 bits per heavy atom. The SMILES string of the molecule is COc1cc(C2/C(=C(\O)c3cnn(-c4ccccc4)c3C)C(=O)C(=O)N2CCN(C)C)cc(OC)c1OC. The molecular formula is C28H32N4O6. The van der Waals surface area contributed by atoms with E-state index in [0.717, 1.165) is 5.69 Å². The zero-order chi connectivity index (χ0) is 27.6. The van der Waals surface area contributed by atoms with Crippen molar-refractivity contribution in [3.05, 3.63) is 71.1 Å². The number of hydrogen-bond acceptors (Lipinski definition) is 8. The van der Waals surface area contributed by atoms with Gasteiger partial charge < -0.3 is 29.1 Å². The zero-order valence-electron chi connectivity index (χ0n) is 22.4. The third kappa shape index (κ3) is 4.70. The summed E-state index contributed by atoms with van der Waals surface area (Å²) in [5, 5.41) is 16.0. The molecule has 2 heterocycles. The molecule has 1 saturated heterocycles. The van der Waals surface area contributed by atoms with Crippen LogP contribution in [0.2, 0.25) is 0 Å². The number of rotatable bonds is 9. The molecule has 1 N–H and O–H groups in total. The summed E-state index contributed by atoms with van der Waals surface area (Å²) in [6, 6.07) is 11.9. The molecule has 0 aliphatic carbocycles. The van der Waals surface area contributed by atoms with Gasteiger partial charge in [0.25, 0.3) is 11.7 Å². The smallest absolute Gasteiger partial charge is 0.295 e. The number of para-hydroxylation sites is 1. The van der Waals surface area contributed by atoms with Gasteiger partial charge in [0.2, 0.25) is 5.75 Å². The number of ether oxygens (including phenoxy) is 3. The van der Waals surface area contributed by atoms with Crippen molar-refractivity contribution in [2.24, 2.45) is 0 Å². The van der Waals surface area contributed by atoms with E-state index in [9.17, 15) is 14.7 Å². The number of nitrogens with zero attached hydrogens (tertiary/aromatic N) is 4. The Hall–Kier alpha value is -4.31. The second-order valence-corrected chi connectivity index (χ2v) is 9.15. The van der Waals surface area contributed by atoms with Crippen LogP contribution < -0.4 is 14.2 Å². The fourth-order valence-electron chi connectivity index (χ4n) is 4.64. The first kappa shape index (κ1) is 26.7. The molecule has 38 heavy (non-hydrogen) atoms. The Bertz CT molecular complexity index is 1350. The first-order chi connectivity index (χ1) is 18.2. The van der Waals surface area contributed by atoms with Crippen molar-refractivity contribution in [2.75, 3.05) is 48.5 Å². The van der Waals surface area contributed by atoms with Gasteiger partial charge in [-0.25, -0.2) is 4.68 Å². The molecule has 1 fully saturated rings. The molecule has 0 spiro atoms. The highest BCUT2D eigenvalue weighted by Gasteiger charge is 2.46. The van der Waals surface area contributed by atoms with Crippen LogP contribution in [0, 0.1) is 6.92 Å². The number of likely N-dealkylation sites (N-methyl/N-ethyl adjacent to an activating group) is 1. The van der Waals surface area contributed by atoms with Gasteiger partial charge in [-0.2, -0.15) is 5.10 Å². The Balaban J connectivity index is 1.92. The lowest BCUT2D eigenvalue weighted by atomic mass is 9.94. The average Bonchev–Trinajstić information content (AvgIpc) is 3.43. The number of carbonyl (C=O) groups is 2. The van der Waals surface area contributed by atoms with Gasteiger partial charge in [-0.1, -0.05) is 18.2 Å². The summed E-state index contributed by atoms with van der Waals surface area (Å²) in [5.74, 6) is -0.647. The van der Waals surface area contributed by atoms with Crippen LogP contribution in [-0.4, -0.2) is 84.9 Å². The number of ketones is 1. The van der Waals surface area contributed by atoms with E-state index in [-0.39, 0.29) is 17.9 Å². The van der Waals surface area contributed by atoms with Crippen molar-refractivity contribution < 1.29 is 28.9 Å². The van der Waals surface area contributed by atoms with E-state index in [1.165, 1.54) is 32.4 Å². The Kier molecular flexibility index (Phi) is 7.72. The number of hydrogen-bond donors (Lipinski definition) is 1. The third-order valence-corrected chi connectivity index (χ3v) is 6.60. The Morgan fingerprint density at radius 2 is 1.66 bits per heavy atom. The predicted molar refractivity (Wildman–Crippen MR) is 142 cm³/mol. The summed E-state index contributed by atoms with van der Waals surface area (Å²) < 4.78 is 18.2. The van der Waals surface area contributed by atoms with Crippen molar-refractivity contribution in [2.45, 2.75) is 13.0 Å². The van der Waals surface area contributed by atoms with Crippen LogP contribution in [0.15, 0.2) is 54.2 Å². The maximum Gasteiger partial charge on any atom is 0.295 e. The molecule has 2 aromatic carbocycles. The highest BCUT2D eigenvalue weighted by atomic mass is 16.5. The maximum atomic E-state index is 13.4. The van der Waals surface area contributed by atoms with Gasteiger partial charge in [-0.3, -0.25) is 9.59 Å². The highest BCUT2D eigenvalue weighted by Crippen LogP contribution is 2.45. The molecule has 10 nitrogen and oxygen atoms in total. The number of aliphatic hydroxyl groups excluding tert-OH is 1. The van der Waals surface area contributed by atoms with Crippen LogP contribution in [0.25, 0.3) is 11.4 Å². The van der Waals surface area contributed by atoms with Gasteiger partial charge in [0, 0.05) is 13.1 Å². The molecule has 0 radical (unpaired) electrons. The van der Waals surface area contributed by atoms with E-state index in [1.54, 1.807) is 23.7 Å². The number of likely N-dealkylation sites (tertiary alicyclic amines) is 1. The van der Waals surface area contributed by atoms with Gasteiger partial charge in [-0.15, -0.1) is 0 Å². The molecule has 0 bridgehead atoms. The number of aromatic nitrogens is 2. The van der Waals surface area contributed by atoms with E-state index < -0.39 is 17.7 Å². The Labute approximate surface area is 221 Å². The van der Waals surface area contributed by atoms with Crippen LogP contribution in [-0.2, 0) is 9.59 Å². The summed E-state index contributed by atoms with van der Waals surface area (Å²) in [6.07, 6.45) is 1.50. The fourth-order valence-corrected chi connectivity index (χ4v) is 4.64. The maximum absolute atomic E-state index is 13.4. The number of methoxy groups -OCH3 is 3. The van der Waals surface area contributed by atoms with Crippen LogP contribution in [0.5, 0.6) is 17.2 Å². The van der Waals surface area contributed by atoms with E-state index in [1.807, 2.05) is 49.3 Å². The van der Waals surface area contributed by atoms with Gasteiger partial charge in [-0.05, 0) is 50.8 Å². The lowest BCUT2D eigenvalue weighted by Crippen LogP contribution is -2.35. The molecule has 1 atom stereocenters. The normalized spacial score (nSPS) is 16.8. The van der Waals surface area contributed by atoms with Gasteiger partial charge in [0.15, 0.2) is 11.5 Å². The Morgan fingerprint density at radius 1 is 1.03 bits per heavy atom. The summed E-state index contributed by atoms with van der Waals surface area (Å²) in [4.78, 5) is 30.1. The summed E-state index contributed by atoms with van der Waals surface area (Å²) in [6.45, 7) is 2.57. The number of amides is 1. The average molecular weight is 521 g/mol. The number of Topliss-reactive ketones (excluding diaryl/α,β-unsaturated/α-hetero) is 1. The van der Waals surface area contributed by atoms with Gasteiger partial charge in [0.05, 0.1) is 56.1 Å². The molecule has 3 aromatic rings. The summed E-state index contributed by atoms with van der Waals surface area (Å²) >= 11 is 0. The van der Waals surface area contributed by atoms with E-state index in [4.69, 9.17) is 14.2 Å². The van der Waals surface area contributed by atoms with Gasteiger partial charge in [0.1, 0.15) is 5.76 Å². The lowest BCUT2D eigenvalue weighted by Gasteiger charge is -2.27. The van der Waals surface area contributed by atoms with Crippen molar-refractivity contribution in [1.82, 2.24) is 19.6 Å². The largest absolute Gasteiger partial charge is 0.507 e. The molecule has 0 saturated carbocycles. The topological polar surface area (TPSA) is 106 Å². The number of aliphatic hydroxyl groups is 1. The highest BCUT2D eigenvalue weighted by molar-refractivity contribution is 6.46. The molecule has 10 heteroatoms. The lowest BCUT2D eigenvalue weighted by molar-refractivity contribution is -0.140. The molecule has 1 aromatic heterocycles. The quantitative estimate of drug-likeness (QED) is 0.261. The van der Waals surface area contributed by atoms with Crippen LogP contribution in [0.1, 0.15) is 22.9 Å². The first-order valence-electron chi connectivity index (χ1n) is 12.1. The van der Waals surface area contributed by atoms with Crippen molar-refractivity contribution in [3.63, 3.8) is 0 Å². The minimum absolute atomic E-state index is 0.0289. The second kappa shape index (κ2) is 11.0. The third-order valence-electron chi connectivity index (χ3n) is 6.60. The standard InChI is InChI=1S/C28H32N4O6/c1-17-20(16-29-32(17)19-10-8-7-9-11-19)25(33)23-24(31(13-12-30(2)3)28(35)26(23)34)18-14-21(36-4)27(38-6)22(15-18)37-5/h7-11,14-16,24,33H,12-13H2,1-6H3/b25-23+. The van der Waals surface area contributed by atoms with Crippen LogP contribution >= 0.6 is 0 Å². The van der Waals surface area contributed by atoms with Crippen LogP contribution in [0.4, 0.5) is 0 Å². The number of carbonyl (C=O) groups excluding carboxylic acids is 2. The van der Waals surface area contributed by atoms with Crippen LogP contribution in [0.3, 0.4) is 0 Å². The van der Waals surface area contributed by atoms with Crippen molar-refractivity contribution >= 4 is 17.4 Å². The van der Waals surface area contributed by atoms with E-state index in [0.29, 0.717) is 40.6 Å². The molecule has 4 rings (SSSR count). The molecule has 1 aliphatic heterocycles. The molecule has 200 valence electrons. The van der Waals surface area contributed by atoms with E-state index >= 15 is 0 Å². The number of benzene rings is 2. The minimum Gasteiger partial charge on any atom is -0.507 e. The minimum atomic E-state index is -0.886. The monoisotopic (exact) mass is 520 g/mol. The van der Waals surface area contributed by atoms with E-state index in [2.05, 4.69) is 5.10 Å². The molecule has 1 amide bonds. The molecule has 1 aliphatic rings.